The molecule has 442 valence electrons. The number of carbonyl (C=O) groups is 3. The minimum Gasteiger partial charge on any atom is -0.462 e. The monoisotopic (exact) mass is 1070 g/mol. The molecule has 0 bridgehead atoms. The smallest absolute Gasteiger partial charge is 0.306 e. The first-order valence-electron chi connectivity index (χ1n) is 32.7. The third kappa shape index (κ3) is 63.0. The lowest BCUT2D eigenvalue weighted by Crippen LogP contribution is -2.30. The number of allylic oxidation sites excluding steroid dienone is 16. The maximum absolute atomic E-state index is 12.9. The van der Waals surface area contributed by atoms with Crippen molar-refractivity contribution in [2.24, 2.45) is 0 Å². The number of unbranched alkanes of at least 4 members (excludes halogenated alkanes) is 32. The summed E-state index contributed by atoms with van der Waals surface area (Å²) >= 11 is 0. The van der Waals surface area contributed by atoms with Gasteiger partial charge in [-0.15, -0.1) is 0 Å². The molecule has 0 amide bonds. The van der Waals surface area contributed by atoms with Crippen molar-refractivity contribution in [3.8, 4) is 0 Å². The van der Waals surface area contributed by atoms with Gasteiger partial charge in [-0.1, -0.05) is 311 Å². The average molecular weight is 1070 g/mol. The Bertz CT molecular complexity index is 1510. The molecule has 0 radical (unpaired) electrons. The Labute approximate surface area is 477 Å². The molecule has 0 aliphatic rings. The zero-order valence-corrected chi connectivity index (χ0v) is 50.7. The van der Waals surface area contributed by atoms with Crippen LogP contribution in [0.25, 0.3) is 0 Å². The minimum absolute atomic E-state index is 0.0888. The van der Waals surface area contributed by atoms with Gasteiger partial charge in [-0.05, 0) is 83.5 Å². The molecule has 0 heterocycles. The molecule has 1 atom stereocenters. The van der Waals surface area contributed by atoms with Crippen molar-refractivity contribution < 1.29 is 28.6 Å². The van der Waals surface area contributed by atoms with Gasteiger partial charge in [-0.2, -0.15) is 0 Å². The van der Waals surface area contributed by atoms with Gasteiger partial charge in [0.2, 0.25) is 0 Å². The van der Waals surface area contributed by atoms with E-state index in [2.05, 4.69) is 118 Å². The molecule has 0 aliphatic heterocycles. The highest BCUT2D eigenvalue weighted by Gasteiger charge is 2.19. The molecular weight excluding hydrogens is 949 g/mol. The summed E-state index contributed by atoms with van der Waals surface area (Å²) in [6.07, 6.45) is 87.4. The summed E-state index contributed by atoms with van der Waals surface area (Å²) in [4.78, 5) is 38.1. The number of carbonyl (C=O) groups excluding carboxylic acids is 3. The minimum atomic E-state index is -0.793. The van der Waals surface area contributed by atoms with Crippen LogP contribution in [-0.2, 0) is 28.6 Å². The van der Waals surface area contributed by atoms with Crippen LogP contribution in [0.3, 0.4) is 0 Å². The van der Waals surface area contributed by atoms with Crippen LogP contribution in [0.1, 0.15) is 316 Å². The van der Waals surface area contributed by atoms with Gasteiger partial charge in [-0.3, -0.25) is 14.4 Å². The van der Waals surface area contributed by atoms with Crippen LogP contribution < -0.4 is 0 Å². The molecule has 0 aliphatic carbocycles. The molecule has 1 unspecified atom stereocenters. The Hall–Kier alpha value is -3.67. The number of hydrogen-bond acceptors (Lipinski definition) is 6. The summed E-state index contributed by atoms with van der Waals surface area (Å²) in [7, 11) is 0. The maximum atomic E-state index is 12.9. The van der Waals surface area contributed by atoms with Crippen molar-refractivity contribution in [1.82, 2.24) is 0 Å². The summed E-state index contributed by atoms with van der Waals surface area (Å²) in [5, 5.41) is 0. The lowest BCUT2D eigenvalue weighted by atomic mass is 10.0. The van der Waals surface area contributed by atoms with E-state index in [1.807, 2.05) is 0 Å². The molecule has 6 nitrogen and oxygen atoms in total. The van der Waals surface area contributed by atoms with Gasteiger partial charge in [0.05, 0.1) is 0 Å². The Kier molecular flexibility index (Phi) is 61.8. The van der Waals surface area contributed by atoms with Crippen LogP contribution in [0.5, 0.6) is 0 Å². The van der Waals surface area contributed by atoms with Gasteiger partial charge in [0.1, 0.15) is 13.2 Å². The predicted molar refractivity (Wildman–Crippen MR) is 334 cm³/mol. The second-order valence-electron chi connectivity index (χ2n) is 21.7. The number of ether oxygens (including phenoxy) is 3. The Morgan fingerprint density at radius 2 is 0.506 bits per heavy atom. The third-order valence-corrected chi connectivity index (χ3v) is 14.1. The van der Waals surface area contributed by atoms with Crippen molar-refractivity contribution in [2.45, 2.75) is 322 Å². The van der Waals surface area contributed by atoms with Crippen molar-refractivity contribution in [3.63, 3.8) is 0 Å². The van der Waals surface area contributed by atoms with Crippen LogP contribution >= 0.6 is 0 Å². The third-order valence-electron chi connectivity index (χ3n) is 14.1. The quantitative estimate of drug-likeness (QED) is 0.0261. The fourth-order valence-corrected chi connectivity index (χ4v) is 9.23. The summed E-state index contributed by atoms with van der Waals surface area (Å²) in [5.74, 6) is -0.930. The number of esters is 3. The fourth-order valence-electron chi connectivity index (χ4n) is 9.23. The molecule has 0 spiro atoms. The summed E-state index contributed by atoms with van der Waals surface area (Å²) in [6.45, 7) is 6.48. The van der Waals surface area contributed by atoms with Crippen molar-refractivity contribution in [1.29, 1.82) is 0 Å². The van der Waals surface area contributed by atoms with Crippen LogP contribution in [0.2, 0.25) is 0 Å². The Morgan fingerprint density at radius 3 is 0.792 bits per heavy atom. The van der Waals surface area contributed by atoms with E-state index in [4.69, 9.17) is 14.2 Å². The van der Waals surface area contributed by atoms with E-state index in [1.165, 1.54) is 167 Å². The van der Waals surface area contributed by atoms with Crippen LogP contribution in [0.15, 0.2) is 97.2 Å². The van der Waals surface area contributed by atoms with Gasteiger partial charge in [0.15, 0.2) is 6.10 Å². The van der Waals surface area contributed by atoms with Crippen LogP contribution in [0, 0.1) is 0 Å². The van der Waals surface area contributed by atoms with Gasteiger partial charge in [0.25, 0.3) is 0 Å². The highest BCUT2D eigenvalue weighted by atomic mass is 16.6. The highest BCUT2D eigenvalue weighted by Crippen LogP contribution is 2.17. The molecule has 77 heavy (non-hydrogen) atoms. The van der Waals surface area contributed by atoms with Crippen molar-refractivity contribution in [3.05, 3.63) is 97.2 Å². The van der Waals surface area contributed by atoms with Crippen molar-refractivity contribution in [2.75, 3.05) is 13.2 Å². The first-order valence-corrected chi connectivity index (χ1v) is 32.7. The van der Waals surface area contributed by atoms with E-state index in [9.17, 15) is 14.4 Å². The average Bonchev–Trinajstić information content (AvgIpc) is 3.43. The van der Waals surface area contributed by atoms with E-state index in [1.54, 1.807) is 0 Å². The second kappa shape index (κ2) is 64.9. The van der Waals surface area contributed by atoms with Gasteiger partial charge in [-0.25, -0.2) is 0 Å². The SMILES string of the molecule is CC/C=C\C/C=C\C/C=C\C/C=C\C/C=C\C/C=C\C/C=C\C/C=C\CCCCC(=O)OCC(COC(=O)CCCCCCCCC)OC(=O)CCCCCCCCCCCCCCCCCCCCCCCCCCC. The Balaban J connectivity index is 4.20. The van der Waals surface area contributed by atoms with E-state index < -0.39 is 6.10 Å². The molecule has 0 fully saturated rings. The molecule has 0 N–H and O–H groups in total. The Morgan fingerprint density at radius 1 is 0.273 bits per heavy atom. The van der Waals surface area contributed by atoms with Crippen LogP contribution in [-0.4, -0.2) is 37.2 Å². The molecule has 0 saturated heterocycles. The molecule has 0 aromatic heterocycles. The number of rotatable bonds is 59. The highest BCUT2D eigenvalue weighted by molar-refractivity contribution is 5.71. The predicted octanol–water partition coefficient (Wildman–Crippen LogP) is 22.4. The second-order valence-corrected chi connectivity index (χ2v) is 21.7. The topological polar surface area (TPSA) is 78.9 Å². The van der Waals surface area contributed by atoms with E-state index in [-0.39, 0.29) is 31.1 Å². The molecule has 0 aromatic rings. The van der Waals surface area contributed by atoms with Crippen LogP contribution in [0.4, 0.5) is 0 Å². The maximum Gasteiger partial charge on any atom is 0.306 e. The van der Waals surface area contributed by atoms with Gasteiger partial charge < -0.3 is 14.2 Å². The normalized spacial score (nSPS) is 12.7. The number of hydrogen-bond donors (Lipinski definition) is 0. The molecule has 0 saturated carbocycles. The largest absolute Gasteiger partial charge is 0.462 e. The van der Waals surface area contributed by atoms with E-state index in [0.29, 0.717) is 19.3 Å². The van der Waals surface area contributed by atoms with E-state index >= 15 is 0 Å². The molecule has 0 rings (SSSR count). The van der Waals surface area contributed by atoms with E-state index in [0.717, 1.165) is 109 Å². The molecular formula is C71H122O6. The summed E-state index contributed by atoms with van der Waals surface area (Å²) in [5.41, 5.74) is 0. The first kappa shape index (κ1) is 73.3. The molecule has 6 heteroatoms. The summed E-state index contributed by atoms with van der Waals surface area (Å²) in [6, 6.07) is 0. The van der Waals surface area contributed by atoms with Gasteiger partial charge in [0, 0.05) is 19.3 Å². The lowest BCUT2D eigenvalue weighted by molar-refractivity contribution is -0.167. The van der Waals surface area contributed by atoms with Gasteiger partial charge >= 0.3 is 17.9 Å². The lowest BCUT2D eigenvalue weighted by Gasteiger charge is -2.18. The zero-order chi connectivity index (χ0) is 55.7. The first-order chi connectivity index (χ1) is 38.0. The summed E-state index contributed by atoms with van der Waals surface area (Å²) < 4.78 is 16.8. The van der Waals surface area contributed by atoms with Crippen molar-refractivity contribution >= 4 is 17.9 Å². The standard InChI is InChI=1S/C71H122O6/c1-4-7-10-13-16-18-20-22-24-26-28-30-32-34-35-37-38-40-42-44-46-48-50-52-55-58-61-64-70(73)76-67-68(66-75-69(72)63-60-57-54-15-12-9-6-3)77-71(74)65-62-59-56-53-51-49-47-45-43-41-39-36-33-31-29-27-25-23-21-19-17-14-11-8-5-2/h7,10,16,18,22,24,28,30,34-35,38,40,44,46,50,52,68H,4-6,8-9,11-15,17,19-21,23,25-27,29,31-33,36-37,39,41-43,45,47-49,51,53-67H2,1-3H3/b10-7-,18-16-,24-22-,30-28-,35-34-,40-38-,46-44-,52-50-. The molecule has 0 aromatic carbocycles. The fraction of sp³-hybridized carbons (Fsp3) is 0.732. The zero-order valence-electron chi connectivity index (χ0n) is 50.7.